The van der Waals surface area contributed by atoms with E-state index in [2.05, 4.69) is 22.1 Å². The number of aromatic nitrogens is 2. The zero-order valence-corrected chi connectivity index (χ0v) is 9.38. The Morgan fingerprint density at radius 1 is 0.824 bits per heavy atom. The zero-order valence-electron chi connectivity index (χ0n) is 9.38. The first-order chi connectivity index (χ1) is 8.45. The molecule has 2 aromatic heterocycles. The third-order valence-corrected chi connectivity index (χ3v) is 2.85. The standard InChI is InChI=1S/C15H12N2/c1-3-10-16-14(8-1)12-6-5-7-13(12)15-9-2-4-11-17-15/h1-6,8-11H,7H2. The lowest BCUT2D eigenvalue weighted by atomic mass is 10.0. The maximum absolute atomic E-state index is 4.41. The summed E-state index contributed by atoms with van der Waals surface area (Å²) in [5, 5.41) is 0. The summed E-state index contributed by atoms with van der Waals surface area (Å²) in [4.78, 5) is 8.81. The van der Waals surface area contributed by atoms with Gasteiger partial charge < -0.3 is 0 Å². The predicted octanol–water partition coefficient (Wildman–Crippen LogP) is 3.35. The molecule has 0 saturated heterocycles. The van der Waals surface area contributed by atoms with Gasteiger partial charge in [0.1, 0.15) is 0 Å². The molecule has 1 aliphatic carbocycles. The van der Waals surface area contributed by atoms with Crippen molar-refractivity contribution in [3.63, 3.8) is 0 Å². The van der Waals surface area contributed by atoms with Crippen molar-refractivity contribution in [3.05, 3.63) is 72.3 Å². The van der Waals surface area contributed by atoms with Gasteiger partial charge in [-0.25, -0.2) is 0 Å². The molecule has 0 aliphatic heterocycles. The predicted molar refractivity (Wildman–Crippen MR) is 69.0 cm³/mol. The Bertz CT molecular complexity index is 568. The van der Waals surface area contributed by atoms with Crippen molar-refractivity contribution in [1.82, 2.24) is 9.97 Å². The molecule has 0 unspecified atom stereocenters. The van der Waals surface area contributed by atoms with E-state index in [-0.39, 0.29) is 0 Å². The molecule has 0 aromatic carbocycles. The summed E-state index contributed by atoms with van der Waals surface area (Å²) in [6, 6.07) is 12.0. The molecule has 0 radical (unpaired) electrons. The van der Waals surface area contributed by atoms with Crippen LogP contribution in [-0.4, -0.2) is 9.97 Å². The number of hydrogen-bond acceptors (Lipinski definition) is 2. The Hall–Kier alpha value is -2.22. The van der Waals surface area contributed by atoms with Crippen LogP contribution in [0.1, 0.15) is 17.8 Å². The van der Waals surface area contributed by atoms with Crippen molar-refractivity contribution in [2.24, 2.45) is 0 Å². The van der Waals surface area contributed by atoms with Crippen LogP contribution in [0.5, 0.6) is 0 Å². The van der Waals surface area contributed by atoms with Crippen LogP contribution in [-0.2, 0) is 0 Å². The van der Waals surface area contributed by atoms with Crippen LogP contribution in [0.15, 0.2) is 60.9 Å². The minimum Gasteiger partial charge on any atom is -0.257 e. The fourth-order valence-corrected chi connectivity index (χ4v) is 2.05. The van der Waals surface area contributed by atoms with Crippen LogP contribution in [0.25, 0.3) is 11.1 Å². The van der Waals surface area contributed by atoms with E-state index < -0.39 is 0 Å². The number of rotatable bonds is 2. The largest absolute Gasteiger partial charge is 0.257 e. The molecule has 0 saturated carbocycles. The zero-order chi connectivity index (χ0) is 11.5. The highest BCUT2D eigenvalue weighted by Crippen LogP contribution is 2.32. The number of pyridine rings is 2. The average molecular weight is 220 g/mol. The van der Waals surface area contributed by atoms with E-state index >= 15 is 0 Å². The number of allylic oxidation sites excluding steroid dienone is 4. The lowest BCUT2D eigenvalue weighted by molar-refractivity contribution is 1.24. The highest BCUT2D eigenvalue weighted by atomic mass is 14.7. The van der Waals surface area contributed by atoms with Crippen molar-refractivity contribution in [2.45, 2.75) is 6.42 Å². The van der Waals surface area contributed by atoms with Crippen LogP contribution < -0.4 is 0 Å². The van der Waals surface area contributed by atoms with Gasteiger partial charge in [0.15, 0.2) is 0 Å². The summed E-state index contributed by atoms with van der Waals surface area (Å²) in [6.07, 6.45) is 8.88. The molecule has 1 aliphatic rings. The van der Waals surface area contributed by atoms with Gasteiger partial charge >= 0.3 is 0 Å². The summed E-state index contributed by atoms with van der Waals surface area (Å²) < 4.78 is 0. The van der Waals surface area contributed by atoms with Gasteiger partial charge in [-0.05, 0) is 36.3 Å². The fourth-order valence-electron chi connectivity index (χ4n) is 2.05. The average Bonchev–Trinajstić information content (AvgIpc) is 2.90. The lowest BCUT2D eigenvalue weighted by Gasteiger charge is -2.05. The lowest BCUT2D eigenvalue weighted by Crippen LogP contribution is -1.91. The summed E-state index contributed by atoms with van der Waals surface area (Å²) in [6.45, 7) is 0. The van der Waals surface area contributed by atoms with E-state index in [1.165, 1.54) is 11.1 Å². The van der Waals surface area contributed by atoms with Gasteiger partial charge in [-0.15, -0.1) is 0 Å². The second-order valence-electron chi connectivity index (χ2n) is 3.93. The molecule has 0 N–H and O–H groups in total. The maximum atomic E-state index is 4.41. The highest BCUT2D eigenvalue weighted by molar-refractivity contribution is 5.96. The minimum atomic E-state index is 0.933. The highest BCUT2D eigenvalue weighted by Gasteiger charge is 2.14. The first kappa shape index (κ1) is 9.97. The van der Waals surface area contributed by atoms with Crippen LogP contribution >= 0.6 is 0 Å². The second kappa shape index (κ2) is 4.34. The number of hydrogen-bond donors (Lipinski definition) is 0. The van der Waals surface area contributed by atoms with Crippen molar-refractivity contribution in [2.75, 3.05) is 0 Å². The van der Waals surface area contributed by atoms with Gasteiger partial charge in [-0.1, -0.05) is 24.3 Å². The molecule has 2 heterocycles. The normalized spacial score (nSPS) is 14.4. The Kier molecular flexibility index (Phi) is 2.54. The topological polar surface area (TPSA) is 25.8 Å². The Labute approximate surface area is 100 Å². The van der Waals surface area contributed by atoms with Gasteiger partial charge in [0.2, 0.25) is 0 Å². The first-order valence-electron chi connectivity index (χ1n) is 5.67. The summed E-state index contributed by atoms with van der Waals surface area (Å²) in [5.74, 6) is 0. The van der Waals surface area contributed by atoms with Gasteiger partial charge in [0, 0.05) is 18.0 Å². The van der Waals surface area contributed by atoms with Gasteiger partial charge in [-0.3, -0.25) is 9.97 Å². The van der Waals surface area contributed by atoms with Gasteiger partial charge in [0.25, 0.3) is 0 Å². The van der Waals surface area contributed by atoms with Crippen LogP contribution in [0.4, 0.5) is 0 Å². The molecule has 2 heteroatoms. The molecule has 82 valence electrons. The molecule has 3 rings (SSSR count). The molecule has 0 amide bonds. The summed E-state index contributed by atoms with van der Waals surface area (Å²) in [7, 11) is 0. The monoisotopic (exact) mass is 220 g/mol. The molecule has 17 heavy (non-hydrogen) atoms. The second-order valence-corrected chi connectivity index (χ2v) is 3.93. The van der Waals surface area contributed by atoms with Crippen LogP contribution in [0.2, 0.25) is 0 Å². The third kappa shape index (κ3) is 1.89. The molecular weight excluding hydrogens is 208 g/mol. The van der Waals surface area contributed by atoms with E-state index in [1.807, 2.05) is 48.8 Å². The van der Waals surface area contributed by atoms with Gasteiger partial charge in [-0.2, -0.15) is 0 Å². The molecule has 0 atom stereocenters. The smallest absolute Gasteiger partial charge is 0.0705 e. The fraction of sp³-hybridized carbons (Fsp3) is 0.0667. The Morgan fingerprint density at radius 2 is 1.53 bits per heavy atom. The summed E-state index contributed by atoms with van der Waals surface area (Å²) in [5.41, 5.74) is 4.49. The number of nitrogens with zero attached hydrogens (tertiary/aromatic N) is 2. The van der Waals surface area contributed by atoms with E-state index in [9.17, 15) is 0 Å². The molecule has 2 aromatic rings. The van der Waals surface area contributed by atoms with Crippen LogP contribution in [0, 0.1) is 0 Å². The van der Waals surface area contributed by atoms with E-state index in [0.29, 0.717) is 0 Å². The molecule has 0 fully saturated rings. The van der Waals surface area contributed by atoms with E-state index in [1.54, 1.807) is 0 Å². The molecule has 2 nitrogen and oxygen atoms in total. The van der Waals surface area contributed by atoms with Gasteiger partial charge in [0.05, 0.1) is 11.4 Å². The van der Waals surface area contributed by atoms with Crippen molar-refractivity contribution in [3.8, 4) is 0 Å². The van der Waals surface area contributed by atoms with Crippen molar-refractivity contribution < 1.29 is 0 Å². The SMILES string of the molecule is C1=CC(c2ccccn2)=C(c2ccccn2)C1. The van der Waals surface area contributed by atoms with Crippen molar-refractivity contribution in [1.29, 1.82) is 0 Å². The minimum absolute atomic E-state index is 0.933. The quantitative estimate of drug-likeness (QED) is 0.775. The van der Waals surface area contributed by atoms with Crippen molar-refractivity contribution >= 4 is 11.1 Å². The third-order valence-electron chi connectivity index (χ3n) is 2.85. The first-order valence-corrected chi connectivity index (χ1v) is 5.67. The Balaban J connectivity index is 2.10. The maximum Gasteiger partial charge on any atom is 0.0705 e. The Morgan fingerprint density at radius 3 is 2.18 bits per heavy atom. The van der Waals surface area contributed by atoms with E-state index in [4.69, 9.17) is 0 Å². The molecule has 0 spiro atoms. The summed E-state index contributed by atoms with van der Waals surface area (Å²) >= 11 is 0. The van der Waals surface area contributed by atoms with Crippen LogP contribution in [0.3, 0.4) is 0 Å². The molecule has 0 bridgehead atoms. The molecular formula is C15H12N2. The van der Waals surface area contributed by atoms with E-state index in [0.717, 1.165) is 17.8 Å².